The van der Waals surface area contributed by atoms with Gasteiger partial charge in [0.05, 0.1) is 5.60 Å². The average molecular weight is 419 g/mol. The van der Waals surface area contributed by atoms with E-state index < -0.39 is 5.60 Å². The van der Waals surface area contributed by atoms with Gasteiger partial charge in [-0.3, -0.25) is 4.99 Å². The van der Waals surface area contributed by atoms with Gasteiger partial charge in [-0.15, -0.1) is 24.0 Å². The second-order valence-corrected chi connectivity index (χ2v) is 6.56. The van der Waals surface area contributed by atoms with Gasteiger partial charge < -0.3 is 15.3 Å². The van der Waals surface area contributed by atoms with Gasteiger partial charge in [-0.2, -0.15) is 11.8 Å². The molecule has 21 heavy (non-hydrogen) atoms. The molecule has 1 saturated heterocycles. The second kappa shape index (κ2) is 7.19. The van der Waals surface area contributed by atoms with Crippen molar-refractivity contribution in [3.05, 3.63) is 29.8 Å². The molecule has 1 atom stereocenters. The number of aliphatic hydroxyl groups is 1. The fourth-order valence-corrected chi connectivity index (χ4v) is 4.13. The smallest absolute Gasteiger partial charge is 0.198 e. The third-order valence-electron chi connectivity index (χ3n) is 4.01. The van der Waals surface area contributed by atoms with Crippen molar-refractivity contribution in [2.24, 2.45) is 4.99 Å². The number of aliphatic imine (C=N–C) groups is 1. The molecule has 0 amide bonds. The quantitative estimate of drug-likeness (QED) is 0.438. The molecule has 2 heterocycles. The maximum Gasteiger partial charge on any atom is 0.198 e. The highest BCUT2D eigenvalue weighted by molar-refractivity contribution is 14.0. The molecule has 1 aromatic carbocycles. The lowest BCUT2D eigenvalue weighted by atomic mass is 10.0. The van der Waals surface area contributed by atoms with Crippen LogP contribution in [0.5, 0.6) is 0 Å². The molecule has 1 unspecified atom stereocenters. The lowest BCUT2D eigenvalue weighted by Crippen LogP contribution is -2.48. The van der Waals surface area contributed by atoms with E-state index in [0.29, 0.717) is 6.54 Å². The molecule has 0 aromatic heterocycles. The standard InChI is InChI=1S/C15H21N3OS.HI/c1-16-14(17-10-15(19)7-9-20-11-15)18-8-6-12-4-2-3-5-13(12)18;/h2-5,19H,6-11H2,1H3,(H,16,17);1H. The number of thioether (sulfide) groups is 1. The molecule has 116 valence electrons. The monoisotopic (exact) mass is 419 g/mol. The lowest BCUT2D eigenvalue weighted by Gasteiger charge is -2.27. The van der Waals surface area contributed by atoms with Gasteiger partial charge in [-0.25, -0.2) is 0 Å². The number of nitrogens with one attached hydrogen (secondary N) is 1. The number of hydrogen-bond donors (Lipinski definition) is 2. The summed E-state index contributed by atoms with van der Waals surface area (Å²) in [6, 6.07) is 8.45. The molecule has 1 fully saturated rings. The molecule has 1 aromatic rings. The Bertz CT molecular complexity index is 517. The lowest BCUT2D eigenvalue weighted by molar-refractivity contribution is 0.0726. The summed E-state index contributed by atoms with van der Waals surface area (Å²) in [6.07, 6.45) is 1.91. The number of benzene rings is 1. The number of guanidine groups is 1. The van der Waals surface area contributed by atoms with Crippen molar-refractivity contribution in [1.82, 2.24) is 5.32 Å². The molecule has 2 N–H and O–H groups in total. The average Bonchev–Trinajstić information content (AvgIpc) is 3.07. The van der Waals surface area contributed by atoms with Crippen molar-refractivity contribution < 1.29 is 5.11 Å². The molecule has 2 aliphatic rings. The van der Waals surface area contributed by atoms with Crippen molar-refractivity contribution in [2.75, 3.05) is 36.5 Å². The van der Waals surface area contributed by atoms with Crippen molar-refractivity contribution in [3.8, 4) is 0 Å². The van der Waals surface area contributed by atoms with Crippen molar-refractivity contribution in [1.29, 1.82) is 0 Å². The normalized spacial score (nSPS) is 24.7. The topological polar surface area (TPSA) is 47.9 Å². The van der Waals surface area contributed by atoms with Crippen LogP contribution in [-0.2, 0) is 6.42 Å². The van der Waals surface area contributed by atoms with Crippen molar-refractivity contribution >= 4 is 47.4 Å². The summed E-state index contributed by atoms with van der Waals surface area (Å²) < 4.78 is 0. The fourth-order valence-electron chi connectivity index (χ4n) is 2.83. The van der Waals surface area contributed by atoms with Crippen molar-refractivity contribution in [3.63, 3.8) is 0 Å². The molecular weight excluding hydrogens is 397 g/mol. The maximum atomic E-state index is 10.4. The number of para-hydroxylation sites is 1. The number of fused-ring (bicyclic) bond motifs is 1. The van der Waals surface area contributed by atoms with Crippen LogP contribution in [0, 0.1) is 0 Å². The fraction of sp³-hybridized carbons (Fsp3) is 0.533. The number of nitrogens with zero attached hydrogens (tertiary/aromatic N) is 2. The Balaban J connectivity index is 0.00000161. The predicted octanol–water partition coefficient (Wildman–Crippen LogP) is 2.11. The summed E-state index contributed by atoms with van der Waals surface area (Å²) in [5.74, 6) is 2.72. The summed E-state index contributed by atoms with van der Waals surface area (Å²) >= 11 is 1.82. The summed E-state index contributed by atoms with van der Waals surface area (Å²) in [5, 5.41) is 13.8. The first-order chi connectivity index (χ1) is 9.72. The summed E-state index contributed by atoms with van der Waals surface area (Å²) in [7, 11) is 1.80. The van der Waals surface area contributed by atoms with Crippen LogP contribution in [0.15, 0.2) is 29.3 Å². The van der Waals surface area contributed by atoms with Gasteiger partial charge in [-0.05, 0) is 30.2 Å². The molecule has 3 rings (SSSR count). The highest BCUT2D eigenvalue weighted by atomic mass is 127. The molecule has 0 bridgehead atoms. The van der Waals surface area contributed by atoms with E-state index in [0.717, 1.165) is 36.9 Å². The Morgan fingerprint density at radius 2 is 2.29 bits per heavy atom. The number of halogens is 1. The van der Waals surface area contributed by atoms with E-state index in [1.807, 2.05) is 11.8 Å². The summed E-state index contributed by atoms with van der Waals surface area (Å²) in [6.45, 7) is 1.53. The van der Waals surface area contributed by atoms with Gasteiger partial charge in [0.15, 0.2) is 5.96 Å². The van der Waals surface area contributed by atoms with Gasteiger partial charge in [0.1, 0.15) is 0 Å². The second-order valence-electron chi connectivity index (χ2n) is 5.46. The molecule has 0 radical (unpaired) electrons. The molecule has 0 spiro atoms. The minimum absolute atomic E-state index is 0. The van der Waals surface area contributed by atoms with Crippen LogP contribution < -0.4 is 10.2 Å². The minimum atomic E-state index is -0.583. The zero-order chi connectivity index (χ0) is 14.0. The van der Waals surface area contributed by atoms with Crippen LogP contribution in [0.4, 0.5) is 5.69 Å². The third-order valence-corrected chi connectivity index (χ3v) is 5.25. The zero-order valence-corrected chi connectivity index (χ0v) is 15.4. The third kappa shape index (κ3) is 3.65. The van der Waals surface area contributed by atoms with E-state index in [1.165, 1.54) is 11.3 Å². The van der Waals surface area contributed by atoms with E-state index in [4.69, 9.17) is 0 Å². The number of anilines is 1. The van der Waals surface area contributed by atoms with Gasteiger partial charge in [0, 0.05) is 31.6 Å². The highest BCUT2D eigenvalue weighted by Gasteiger charge is 2.32. The predicted molar refractivity (Wildman–Crippen MR) is 101 cm³/mol. The molecule has 2 aliphatic heterocycles. The van der Waals surface area contributed by atoms with Gasteiger partial charge in [0.25, 0.3) is 0 Å². The van der Waals surface area contributed by atoms with Crippen LogP contribution in [0.3, 0.4) is 0 Å². The number of rotatable bonds is 2. The van der Waals surface area contributed by atoms with E-state index in [1.54, 1.807) is 7.05 Å². The highest BCUT2D eigenvalue weighted by Crippen LogP contribution is 2.29. The van der Waals surface area contributed by atoms with Crippen LogP contribution >= 0.6 is 35.7 Å². The van der Waals surface area contributed by atoms with Crippen LogP contribution in [-0.4, -0.2) is 48.3 Å². The first kappa shape index (κ1) is 16.9. The zero-order valence-electron chi connectivity index (χ0n) is 12.2. The molecule has 0 aliphatic carbocycles. The van der Waals surface area contributed by atoms with Gasteiger partial charge in [0.2, 0.25) is 0 Å². The Hall–Kier alpha value is -0.470. The SMILES string of the molecule is CN=C(NCC1(O)CCSC1)N1CCc2ccccc21.I. The van der Waals surface area contributed by atoms with Crippen LogP contribution in [0.1, 0.15) is 12.0 Å². The van der Waals surface area contributed by atoms with E-state index in [9.17, 15) is 5.11 Å². The van der Waals surface area contributed by atoms with Crippen LogP contribution in [0.2, 0.25) is 0 Å². The summed E-state index contributed by atoms with van der Waals surface area (Å²) in [5.41, 5.74) is 2.01. The van der Waals surface area contributed by atoms with E-state index in [2.05, 4.69) is 39.5 Å². The Kier molecular flexibility index (Phi) is 5.79. The molecule has 0 saturated carbocycles. The van der Waals surface area contributed by atoms with E-state index >= 15 is 0 Å². The molecule has 6 heteroatoms. The Labute approximate surface area is 147 Å². The first-order valence-electron chi connectivity index (χ1n) is 7.08. The molecular formula is C15H22IN3OS. The van der Waals surface area contributed by atoms with Gasteiger partial charge in [-0.1, -0.05) is 18.2 Å². The number of hydrogen-bond acceptors (Lipinski definition) is 3. The summed E-state index contributed by atoms with van der Waals surface area (Å²) in [4.78, 5) is 6.58. The van der Waals surface area contributed by atoms with E-state index in [-0.39, 0.29) is 24.0 Å². The van der Waals surface area contributed by atoms with Gasteiger partial charge >= 0.3 is 0 Å². The minimum Gasteiger partial charge on any atom is -0.387 e. The molecule has 4 nitrogen and oxygen atoms in total. The first-order valence-corrected chi connectivity index (χ1v) is 8.24. The Morgan fingerprint density at radius 1 is 1.48 bits per heavy atom. The maximum absolute atomic E-state index is 10.4. The largest absolute Gasteiger partial charge is 0.387 e. The Morgan fingerprint density at radius 3 is 3.00 bits per heavy atom. The van der Waals surface area contributed by atoms with Crippen molar-refractivity contribution in [2.45, 2.75) is 18.4 Å². The van der Waals surface area contributed by atoms with Crippen LogP contribution in [0.25, 0.3) is 0 Å².